The number of carbonyl (C=O) groups is 1. The summed E-state index contributed by atoms with van der Waals surface area (Å²) >= 11 is 0. The normalized spacial score (nSPS) is 11.2. The molecule has 4 nitrogen and oxygen atoms in total. The van der Waals surface area contributed by atoms with E-state index >= 15 is 0 Å². The Morgan fingerprint density at radius 3 is 2.68 bits per heavy atom. The number of phenols is 1. The molecule has 2 aromatic carbocycles. The minimum atomic E-state index is -0.0969. The summed E-state index contributed by atoms with van der Waals surface area (Å²) < 4.78 is 5.08. The van der Waals surface area contributed by atoms with E-state index in [1.807, 2.05) is 38.1 Å². The molecule has 0 aliphatic heterocycles. The van der Waals surface area contributed by atoms with E-state index < -0.39 is 0 Å². The third-order valence-corrected chi connectivity index (χ3v) is 4.21. The first-order chi connectivity index (χ1) is 12.0. The number of aromatic hydroxyl groups is 1. The van der Waals surface area contributed by atoms with Gasteiger partial charge in [-0.2, -0.15) is 0 Å². The predicted octanol–water partition coefficient (Wildman–Crippen LogP) is 4.46. The number of pyridine rings is 1. The van der Waals surface area contributed by atoms with Crippen molar-refractivity contribution in [3.05, 3.63) is 70.9 Å². The Labute approximate surface area is 146 Å². The number of benzene rings is 2. The number of ether oxygens (including phenoxy) is 1. The van der Waals surface area contributed by atoms with Gasteiger partial charge in [0.15, 0.2) is 17.3 Å². The maximum absolute atomic E-state index is 12.7. The zero-order chi connectivity index (χ0) is 18.0. The van der Waals surface area contributed by atoms with Gasteiger partial charge in [0, 0.05) is 16.6 Å². The minimum absolute atomic E-state index is 0.0661. The van der Waals surface area contributed by atoms with Crippen LogP contribution >= 0.6 is 0 Å². The Morgan fingerprint density at radius 1 is 1.16 bits per heavy atom. The van der Waals surface area contributed by atoms with Crippen molar-refractivity contribution in [2.75, 3.05) is 7.11 Å². The van der Waals surface area contributed by atoms with Gasteiger partial charge in [-0.05, 0) is 49.2 Å². The Morgan fingerprint density at radius 2 is 1.92 bits per heavy atom. The molecule has 0 bridgehead atoms. The van der Waals surface area contributed by atoms with Crippen LogP contribution in [0.25, 0.3) is 17.0 Å². The van der Waals surface area contributed by atoms with Crippen LogP contribution in [-0.4, -0.2) is 23.0 Å². The third kappa shape index (κ3) is 3.24. The zero-order valence-corrected chi connectivity index (χ0v) is 14.4. The molecule has 0 spiro atoms. The molecular formula is C21H19NO3. The second-order valence-electron chi connectivity index (χ2n) is 5.84. The molecular weight excluding hydrogens is 314 g/mol. The fraction of sp³-hybridized carbons (Fsp3) is 0.143. The second-order valence-corrected chi connectivity index (χ2v) is 5.84. The fourth-order valence-electron chi connectivity index (χ4n) is 2.95. The fourth-order valence-corrected chi connectivity index (χ4v) is 2.95. The van der Waals surface area contributed by atoms with Gasteiger partial charge in [-0.15, -0.1) is 0 Å². The number of fused-ring (bicyclic) bond motifs is 1. The number of ketones is 1. The van der Waals surface area contributed by atoms with Gasteiger partial charge in [0.05, 0.1) is 12.6 Å². The van der Waals surface area contributed by atoms with Crippen molar-refractivity contribution in [3.8, 4) is 11.5 Å². The Balaban J connectivity index is 1.97. The summed E-state index contributed by atoms with van der Waals surface area (Å²) in [6.07, 6.45) is 3.23. The van der Waals surface area contributed by atoms with Crippen molar-refractivity contribution in [2.24, 2.45) is 0 Å². The molecule has 0 fully saturated rings. The van der Waals surface area contributed by atoms with E-state index in [4.69, 9.17) is 4.74 Å². The summed E-state index contributed by atoms with van der Waals surface area (Å²) in [6, 6.07) is 12.7. The number of hydrogen-bond acceptors (Lipinski definition) is 4. The van der Waals surface area contributed by atoms with E-state index in [0.717, 1.165) is 22.0 Å². The van der Waals surface area contributed by atoms with Gasteiger partial charge in [0.1, 0.15) is 0 Å². The van der Waals surface area contributed by atoms with Gasteiger partial charge in [0.25, 0.3) is 0 Å². The molecule has 3 rings (SSSR count). The summed E-state index contributed by atoms with van der Waals surface area (Å²) in [5, 5.41) is 10.6. The number of aromatic nitrogens is 1. The van der Waals surface area contributed by atoms with Gasteiger partial charge >= 0.3 is 0 Å². The number of phenolic OH excluding ortho intramolecular Hbond substituents is 1. The van der Waals surface area contributed by atoms with Crippen LogP contribution in [0, 0.1) is 13.8 Å². The van der Waals surface area contributed by atoms with Gasteiger partial charge in [-0.25, -0.2) is 0 Å². The number of hydrogen-bond donors (Lipinski definition) is 1. The van der Waals surface area contributed by atoms with Crippen molar-refractivity contribution in [1.29, 1.82) is 0 Å². The molecule has 0 unspecified atom stereocenters. The number of para-hydroxylation sites is 1. The summed E-state index contributed by atoms with van der Waals surface area (Å²) in [7, 11) is 1.49. The van der Waals surface area contributed by atoms with Crippen molar-refractivity contribution < 1.29 is 14.6 Å². The van der Waals surface area contributed by atoms with Gasteiger partial charge in [-0.1, -0.05) is 30.3 Å². The monoisotopic (exact) mass is 333 g/mol. The van der Waals surface area contributed by atoms with Crippen molar-refractivity contribution in [3.63, 3.8) is 0 Å². The quantitative estimate of drug-likeness (QED) is 0.565. The largest absolute Gasteiger partial charge is 0.504 e. The highest BCUT2D eigenvalue weighted by molar-refractivity contribution is 6.10. The molecule has 0 amide bonds. The van der Waals surface area contributed by atoms with Gasteiger partial charge in [-0.3, -0.25) is 9.78 Å². The molecule has 3 aromatic rings. The van der Waals surface area contributed by atoms with Crippen LogP contribution in [0.3, 0.4) is 0 Å². The first-order valence-corrected chi connectivity index (χ1v) is 7.96. The lowest BCUT2D eigenvalue weighted by Crippen LogP contribution is -2.04. The van der Waals surface area contributed by atoms with E-state index in [2.05, 4.69) is 4.98 Å². The maximum atomic E-state index is 12.7. The molecule has 25 heavy (non-hydrogen) atoms. The molecule has 1 heterocycles. The molecule has 0 atom stereocenters. The highest BCUT2D eigenvalue weighted by atomic mass is 16.5. The highest BCUT2D eigenvalue weighted by Gasteiger charge is 2.14. The number of allylic oxidation sites excluding steroid dienone is 1. The van der Waals surface area contributed by atoms with E-state index in [9.17, 15) is 9.90 Å². The Hall–Kier alpha value is -3.14. The molecule has 0 saturated heterocycles. The summed E-state index contributed by atoms with van der Waals surface area (Å²) in [4.78, 5) is 17.3. The Kier molecular flexibility index (Phi) is 4.52. The molecule has 126 valence electrons. The number of rotatable bonds is 4. The number of carbonyl (C=O) groups excluding carboxylic acids is 1. The molecule has 0 aliphatic carbocycles. The van der Waals surface area contributed by atoms with Crippen LogP contribution in [0.5, 0.6) is 11.5 Å². The number of nitrogens with zero attached hydrogens (tertiary/aromatic N) is 1. The van der Waals surface area contributed by atoms with Crippen LogP contribution < -0.4 is 4.74 Å². The lowest BCUT2D eigenvalue weighted by molar-refractivity contribution is 0.104. The molecule has 0 saturated carbocycles. The molecule has 4 heteroatoms. The second kappa shape index (κ2) is 6.77. The smallest absolute Gasteiger partial charge is 0.187 e. The first-order valence-electron chi connectivity index (χ1n) is 7.96. The van der Waals surface area contributed by atoms with E-state index in [-0.39, 0.29) is 11.5 Å². The van der Waals surface area contributed by atoms with Crippen molar-refractivity contribution in [2.45, 2.75) is 13.8 Å². The topological polar surface area (TPSA) is 59.4 Å². The third-order valence-electron chi connectivity index (χ3n) is 4.21. The van der Waals surface area contributed by atoms with Crippen molar-refractivity contribution >= 4 is 22.8 Å². The van der Waals surface area contributed by atoms with E-state index in [1.165, 1.54) is 19.3 Å². The van der Waals surface area contributed by atoms with E-state index in [1.54, 1.807) is 18.2 Å². The number of methoxy groups -OCH3 is 1. The summed E-state index contributed by atoms with van der Waals surface area (Å²) in [5.41, 5.74) is 3.93. The first kappa shape index (κ1) is 16.7. The highest BCUT2D eigenvalue weighted by Crippen LogP contribution is 2.27. The molecule has 1 aromatic heterocycles. The standard InChI is InChI=1S/C21H19NO3/c1-13-16-6-4-5-7-17(16)22-14(2)21(13)19(24)11-9-15-8-10-18(23)20(12-15)25-3/h4-12,23H,1-3H3/b11-9+. The average molecular weight is 333 g/mol. The minimum Gasteiger partial charge on any atom is -0.504 e. The lowest BCUT2D eigenvalue weighted by Gasteiger charge is -2.10. The van der Waals surface area contributed by atoms with Crippen LogP contribution in [0.15, 0.2) is 48.5 Å². The summed E-state index contributed by atoms with van der Waals surface area (Å²) in [5.74, 6) is 0.339. The van der Waals surface area contributed by atoms with Gasteiger partial charge < -0.3 is 9.84 Å². The maximum Gasteiger partial charge on any atom is 0.187 e. The zero-order valence-electron chi connectivity index (χ0n) is 14.4. The SMILES string of the molecule is COc1cc(/C=C/C(=O)c2c(C)nc3ccccc3c2C)ccc1O. The Bertz CT molecular complexity index is 990. The van der Waals surface area contributed by atoms with Gasteiger partial charge in [0.2, 0.25) is 0 Å². The van der Waals surface area contributed by atoms with Crippen LogP contribution in [0.4, 0.5) is 0 Å². The predicted molar refractivity (Wildman–Crippen MR) is 99.2 cm³/mol. The molecule has 0 radical (unpaired) electrons. The molecule has 1 N–H and O–H groups in total. The number of aryl methyl sites for hydroxylation is 2. The van der Waals surface area contributed by atoms with E-state index in [0.29, 0.717) is 17.0 Å². The average Bonchev–Trinajstić information content (AvgIpc) is 2.61. The van der Waals surface area contributed by atoms with Crippen LogP contribution in [-0.2, 0) is 0 Å². The van der Waals surface area contributed by atoms with Crippen LogP contribution in [0.2, 0.25) is 0 Å². The van der Waals surface area contributed by atoms with Crippen LogP contribution in [0.1, 0.15) is 27.2 Å². The lowest BCUT2D eigenvalue weighted by atomic mass is 9.98. The molecule has 0 aliphatic rings. The van der Waals surface area contributed by atoms with Crippen molar-refractivity contribution in [1.82, 2.24) is 4.98 Å². The summed E-state index contributed by atoms with van der Waals surface area (Å²) in [6.45, 7) is 3.80.